The SMILES string of the molecule is CC1CC(CCI)C1. The lowest BCUT2D eigenvalue weighted by Gasteiger charge is -2.32. The van der Waals surface area contributed by atoms with Gasteiger partial charge in [-0.3, -0.25) is 0 Å². The van der Waals surface area contributed by atoms with Crippen LogP contribution < -0.4 is 0 Å². The fraction of sp³-hybridized carbons (Fsp3) is 1.00. The van der Waals surface area contributed by atoms with E-state index in [1.165, 1.54) is 23.7 Å². The van der Waals surface area contributed by atoms with Gasteiger partial charge in [-0.25, -0.2) is 0 Å². The van der Waals surface area contributed by atoms with E-state index in [9.17, 15) is 0 Å². The monoisotopic (exact) mass is 224 g/mol. The fourth-order valence-electron chi connectivity index (χ4n) is 1.46. The van der Waals surface area contributed by atoms with E-state index in [0.717, 1.165) is 11.8 Å². The summed E-state index contributed by atoms with van der Waals surface area (Å²) in [5.41, 5.74) is 0. The second-order valence-corrected chi connectivity index (χ2v) is 4.00. The smallest absolute Gasteiger partial charge is 0.000209 e. The molecule has 1 aliphatic carbocycles. The minimum atomic E-state index is 1.04. The molecule has 0 radical (unpaired) electrons. The van der Waals surface area contributed by atoms with Gasteiger partial charge in [0, 0.05) is 0 Å². The molecule has 0 unspecified atom stereocenters. The second kappa shape index (κ2) is 3.04. The van der Waals surface area contributed by atoms with Crippen LogP contribution in [0.2, 0.25) is 0 Å². The number of hydrogen-bond donors (Lipinski definition) is 0. The maximum atomic E-state index is 2.47. The molecule has 0 saturated heterocycles. The van der Waals surface area contributed by atoms with Gasteiger partial charge in [0.1, 0.15) is 0 Å². The quantitative estimate of drug-likeness (QED) is 0.499. The molecular weight excluding hydrogens is 211 g/mol. The molecule has 1 rings (SSSR count). The van der Waals surface area contributed by atoms with Crippen LogP contribution in [0.3, 0.4) is 0 Å². The Hall–Kier alpha value is 0.730. The highest BCUT2D eigenvalue weighted by Crippen LogP contribution is 2.35. The molecule has 8 heavy (non-hydrogen) atoms. The van der Waals surface area contributed by atoms with Gasteiger partial charge in [0.15, 0.2) is 0 Å². The Morgan fingerprint density at radius 1 is 1.50 bits per heavy atom. The molecule has 0 nitrogen and oxygen atoms in total. The summed E-state index contributed by atoms with van der Waals surface area (Å²) in [4.78, 5) is 0. The van der Waals surface area contributed by atoms with Gasteiger partial charge >= 0.3 is 0 Å². The number of hydrogen-bond acceptors (Lipinski definition) is 0. The van der Waals surface area contributed by atoms with Crippen molar-refractivity contribution in [3.05, 3.63) is 0 Å². The lowest BCUT2D eigenvalue weighted by Crippen LogP contribution is -2.20. The molecule has 1 heteroatoms. The summed E-state index contributed by atoms with van der Waals surface area (Å²) in [5, 5.41) is 0. The molecule has 0 amide bonds. The Morgan fingerprint density at radius 2 is 2.12 bits per heavy atom. The minimum Gasteiger partial charge on any atom is -0.0864 e. The van der Waals surface area contributed by atoms with Crippen molar-refractivity contribution in [1.82, 2.24) is 0 Å². The third kappa shape index (κ3) is 1.61. The zero-order valence-electron chi connectivity index (χ0n) is 5.36. The standard InChI is InChI=1S/C7H13I/c1-6-4-7(5-6)2-3-8/h6-7H,2-5H2,1H3. The van der Waals surface area contributed by atoms with E-state index >= 15 is 0 Å². The molecule has 1 aliphatic rings. The van der Waals surface area contributed by atoms with E-state index in [2.05, 4.69) is 29.5 Å². The summed E-state index contributed by atoms with van der Waals surface area (Å²) < 4.78 is 1.36. The lowest BCUT2D eigenvalue weighted by atomic mass is 9.75. The summed E-state index contributed by atoms with van der Waals surface area (Å²) in [6, 6.07) is 0. The molecule has 0 aromatic carbocycles. The van der Waals surface area contributed by atoms with E-state index in [4.69, 9.17) is 0 Å². The molecule has 0 aliphatic heterocycles. The topological polar surface area (TPSA) is 0 Å². The Morgan fingerprint density at radius 3 is 2.50 bits per heavy atom. The number of rotatable bonds is 2. The predicted molar refractivity (Wildman–Crippen MR) is 45.4 cm³/mol. The minimum absolute atomic E-state index is 1.04. The third-order valence-corrected chi connectivity index (χ3v) is 2.61. The van der Waals surface area contributed by atoms with Crippen molar-refractivity contribution in [2.24, 2.45) is 11.8 Å². The van der Waals surface area contributed by atoms with E-state index in [0.29, 0.717) is 0 Å². The van der Waals surface area contributed by atoms with Gasteiger partial charge in [0.05, 0.1) is 0 Å². The predicted octanol–water partition coefficient (Wildman–Crippen LogP) is 2.86. The molecule has 0 bridgehead atoms. The maximum absolute atomic E-state index is 2.47. The van der Waals surface area contributed by atoms with Crippen molar-refractivity contribution in [3.8, 4) is 0 Å². The third-order valence-electron chi connectivity index (χ3n) is 1.99. The van der Waals surface area contributed by atoms with Crippen LogP contribution in [0.1, 0.15) is 26.2 Å². The van der Waals surface area contributed by atoms with Crippen LogP contribution in [0.15, 0.2) is 0 Å². The van der Waals surface area contributed by atoms with Crippen LogP contribution in [-0.4, -0.2) is 4.43 Å². The molecule has 0 aromatic heterocycles. The molecule has 0 spiro atoms. The van der Waals surface area contributed by atoms with Crippen molar-refractivity contribution >= 4 is 22.6 Å². The van der Waals surface area contributed by atoms with Crippen LogP contribution in [-0.2, 0) is 0 Å². The highest BCUT2D eigenvalue weighted by Gasteiger charge is 2.23. The molecule has 1 saturated carbocycles. The van der Waals surface area contributed by atoms with Gasteiger partial charge in [-0.05, 0) is 35.5 Å². The summed E-state index contributed by atoms with van der Waals surface area (Å²) in [6.45, 7) is 2.35. The van der Waals surface area contributed by atoms with Crippen LogP contribution >= 0.6 is 22.6 Å². The maximum Gasteiger partial charge on any atom is -0.000209 e. The van der Waals surface area contributed by atoms with E-state index in [-0.39, 0.29) is 0 Å². The first-order chi connectivity index (χ1) is 3.83. The molecule has 48 valence electrons. The van der Waals surface area contributed by atoms with Crippen molar-refractivity contribution in [1.29, 1.82) is 0 Å². The Kier molecular flexibility index (Phi) is 2.60. The molecular formula is C7H13I. The summed E-state index contributed by atoms with van der Waals surface area (Å²) >= 11 is 2.47. The lowest BCUT2D eigenvalue weighted by molar-refractivity contribution is 0.209. The van der Waals surface area contributed by atoms with Crippen LogP contribution in [0, 0.1) is 11.8 Å². The van der Waals surface area contributed by atoms with Crippen molar-refractivity contribution in [2.75, 3.05) is 4.43 Å². The van der Waals surface area contributed by atoms with Crippen LogP contribution in [0.5, 0.6) is 0 Å². The first-order valence-corrected chi connectivity index (χ1v) is 4.91. The first kappa shape index (κ1) is 6.84. The zero-order valence-corrected chi connectivity index (χ0v) is 7.52. The van der Waals surface area contributed by atoms with Gasteiger partial charge in [-0.1, -0.05) is 29.5 Å². The zero-order chi connectivity index (χ0) is 5.98. The number of halogens is 1. The normalized spacial score (nSPS) is 36.8. The van der Waals surface area contributed by atoms with E-state index in [1.54, 1.807) is 0 Å². The Balaban J connectivity index is 1.98. The molecule has 0 atom stereocenters. The van der Waals surface area contributed by atoms with Crippen molar-refractivity contribution in [2.45, 2.75) is 26.2 Å². The Labute approximate surface area is 65.2 Å². The van der Waals surface area contributed by atoms with Gasteiger partial charge in [-0.15, -0.1) is 0 Å². The Bertz CT molecular complexity index is 62.0. The molecule has 0 heterocycles. The van der Waals surface area contributed by atoms with E-state index < -0.39 is 0 Å². The number of alkyl halides is 1. The van der Waals surface area contributed by atoms with Crippen molar-refractivity contribution in [3.63, 3.8) is 0 Å². The molecule has 0 aromatic rings. The summed E-state index contributed by atoms with van der Waals surface area (Å²) in [6.07, 6.45) is 4.47. The molecule has 1 fully saturated rings. The summed E-state index contributed by atoms with van der Waals surface area (Å²) in [5.74, 6) is 2.14. The van der Waals surface area contributed by atoms with Gasteiger partial charge < -0.3 is 0 Å². The van der Waals surface area contributed by atoms with Gasteiger partial charge in [0.2, 0.25) is 0 Å². The first-order valence-electron chi connectivity index (χ1n) is 3.39. The highest BCUT2D eigenvalue weighted by molar-refractivity contribution is 14.1. The fourth-order valence-corrected chi connectivity index (χ4v) is 2.34. The average Bonchev–Trinajstić information content (AvgIpc) is 1.64. The largest absolute Gasteiger partial charge is 0.0864 e. The molecule has 0 N–H and O–H groups in total. The van der Waals surface area contributed by atoms with Crippen LogP contribution in [0.4, 0.5) is 0 Å². The van der Waals surface area contributed by atoms with E-state index in [1.807, 2.05) is 0 Å². The van der Waals surface area contributed by atoms with Gasteiger partial charge in [0.25, 0.3) is 0 Å². The second-order valence-electron chi connectivity index (χ2n) is 2.92. The average molecular weight is 224 g/mol. The van der Waals surface area contributed by atoms with Gasteiger partial charge in [-0.2, -0.15) is 0 Å². The summed E-state index contributed by atoms with van der Waals surface area (Å²) in [7, 11) is 0. The van der Waals surface area contributed by atoms with Crippen LogP contribution in [0.25, 0.3) is 0 Å². The highest BCUT2D eigenvalue weighted by atomic mass is 127. The van der Waals surface area contributed by atoms with Crippen molar-refractivity contribution < 1.29 is 0 Å².